The van der Waals surface area contributed by atoms with E-state index in [0.717, 1.165) is 121 Å². The Hall–Kier alpha value is -2.46. The van der Waals surface area contributed by atoms with E-state index < -0.39 is 97.5 Å². The third-order valence-corrected chi connectivity index (χ3v) is 20.4. The number of carbonyl (C=O) groups excluding carboxylic acids is 4. The quantitative estimate of drug-likeness (QED) is 0.0169. The number of ether oxygens (including phenoxy) is 4. The summed E-state index contributed by atoms with van der Waals surface area (Å²) in [4.78, 5) is 72.8. The Morgan fingerprint density at radius 2 is 0.602 bits per heavy atom. The van der Waals surface area contributed by atoms with E-state index in [1.807, 2.05) is 0 Å². The number of aliphatic hydroxyl groups excluding tert-OH is 1. The number of phosphoric ester groups is 2. The number of esters is 4. The van der Waals surface area contributed by atoms with Crippen molar-refractivity contribution in [1.82, 2.24) is 0 Å². The first-order valence-electron chi connectivity index (χ1n) is 40.2. The van der Waals surface area contributed by atoms with Gasteiger partial charge in [0.25, 0.3) is 0 Å². The first-order valence-corrected chi connectivity index (χ1v) is 43.2. The molecule has 4 unspecified atom stereocenters. The molecule has 7 atom stereocenters. The second-order valence-electron chi connectivity index (χ2n) is 28.7. The second-order valence-corrected chi connectivity index (χ2v) is 31.6. The van der Waals surface area contributed by atoms with E-state index in [1.54, 1.807) is 0 Å². The second kappa shape index (κ2) is 68.9. The molecule has 19 heteroatoms. The van der Waals surface area contributed by atoms with Crippen LogP contribution in [0, 0.1) is 17.8 Å². The number of rotatable bonds is 75. The maximum Gasteiger partial charge on any atom is 0.472 e. The molecule has 0 saturated heterocycles. The zero-order valence-electron chi connectivity index (χ0n) is 63.7. The minimum absolute atomic E-state index is 0.0837. The highest BCUT2D eigenvalue weighted by atomic mass is 31.2. The number of hydrogen-bond donors (Lipinski definition) is 3. The highest BCUT2D eigenvalue weighted by Crippen LogP contribution is 2.45. The van der Waals surface area contributed by atoms with Gasteiger partial charge in [-0.15, -0.1) is 0 Å². The summed E-state index contributed by atoms with van der Waals surface area (Å²) in [5.74, 6) is 0.173. The van der Waals surface area contributed by atoms with Crippen molar-refractivity contribution in [3.05, 3.63) is 24.3 Å². The maximum absolute atomic E-state index is 13.1. The van der Waals surface area contributed by atoms with Crippen LogP contribution in [0.3, 0.4) is 0 Å². The molecule has 0 aliphatic heterocycles. The van der Waals surface area contributed by atoms with Crippen LogP contribution in [0.25, 0.3) is 0 Å². The van der Waals surface area contributed by atoms with Crippen molar-refractivity contribution in [2.24, 2.45) is 17.8 Å². The van der Waals surface area contributed by atoms with Crippen LogP contribution in [0.1, 0.15) is 382 Å². The summed E-state index contributed by atoms with van der Waals surface area (Å²) < 4.78 is 68.5. The predicted molar refractivity (Wildman–Crippen MR) is 400 cm³/mol. The van der Waals surface area contributed by atoms with Gasteiger partial charge in [0.2, 0.25) is 0 Å². The van der Waals surface area contributed by atoms with Crippen LogP contribution in [0.15, 0.2) is 24.3 Å². The van der Waals surface area contributed by atoms with Crippen LogP contribution in [-0.2, 0) is 65.4 Å². The van der Waals surface area contributed by atoms with Crippen molar-refractivity contribution in [2.75, 3.05) is 39.6 Å². The molecule has 0 amide bonds. The largest absolute Gasteiger partial charge is 0.472 e. The fourth-order valence-corrected chi connectivity index (χ4v) is 13.1. The van der Waals surface area contributed by atoms with E-state index in [9.17, 15) is 43.2 Å². The Bertz CT molecular complexity index is 2000. The van der Waals surface area contributed by atoms with Gasteiger partial charge in [0.1, 0.15) is 19.3 Å². The third kappa shape index (κ3) is 69.3. The summed E-state index contributed by atoms with van der Waals surface area (Å²) in [6.07, 6.45) is 59.3. The average Bonchev–Trinajstić information content (AvgIpc) is 1.04. The fourth-order valence-electron chi connectivity index (χ4n) is 11.5. The SMILES string of the molecule is CCCCCC/C=C\C=C/CCCCCCCC(=O)O[C@H](COC(=O)CCCCCCCCC(C)C)COP(=O)(O)OC[C@H](O)COP(=O)(O)OC[C@@H](COC(=O)CCCCCCCCCCC(C)CC)OC(=O)CCCCCCCCCCCCCCCCCCCCC(C)CC. The van der Waals surface area contributed by atoms with Gasteiger partial charge in [-0.25, -0.2) is 9.13 Å². The van der Waals surface area contributed by atoms with Crippen LogP contribution in [-0.4, -0.2) is 96.7 Å². The molecule has 0 heterocycles. The van der Waals surface area contributed by atoms with Crippen LogP contribution >= 0.6 is 15.6 Å². The molecule has 0 aliphatic rings. The van der Waals surface area contributed by atoms with Gasteiger partial charge in [0.15, 0.2) is 12.2 Å². The molecule has 0 aliphatic carbocycles. The minimum Gasteiger partial charge on any atom is -0.462 e. The van der Waals surface area contributed by atoms with Gasteiger partial charge in [-0.3, -0.25) is 37.3 Å². The zero-order valence-corrected chi connectivity index (χ0v) is 65.5. The first-order chi connectivity index (χ1) is 47.3. The summed E-state index contributed by atoms with van der Waals surface area (Å²) in [7, 11) is -9.93. The standard InChI is InChI=1S/C79H150O17P2/c1-8-11-12-13-14-15-16-17-22-26-29-32-39-48-55-63-79(84)96-75(67-90-77(82)61-54-47-42-41-43-50-57-70(4)5)69-94-98(87,88)92-65-73(80)64-91-97(85,86)93-68-74(66-89-76(81)60-53-46-38-35-34-37-45-52-59-72(7)10-3)95-78(83)62-56-49-40-33-30-27-24-21-19-18-20-23-25-28-31-36-44-51-58-71(6)9-2/h15-17,22,70-75,80H,8-14,18-21,23-69H2,1-7H3,(H,85,86)(H,87,88)/b16-15-,22-17-/t71?,72?,73-,74-,75-/m1/s1. The predicted octanol–water partition coefficient (Wildman–Crippen LogP) is 22.9. The van der Waals surface area contributed by atoms with Crippen LogP contribution in [0.2, 0.25) is 0 Å². The summed E-state index contributed by atoms with van der Waals surface area (Å²) in [5, 5.41) is 10.6. The lowest BCUT2D eigenvalue weighted by Crippen LogP contribution is -2.30. The number of carbonyl (C=O) groups is 4. The molecule has 0 spiro atoms. The monoisotopic (exact) mass is 1430 g/mol. The first kappa shape index (κ1) is 95.5. The summed E-state index contributed by atoms with van der Waals surface area (Å²) in [5.41, 5.74) is 0. The summed E-state index contributed by atoms with van der Waals surface area (Å²) in [6.45, 7) is 11.8. The van der Waals surface area contributed by atoms with Crippen molar-refractivity contribution in [3.8, 4) is 0 Å². The lowest BCUT2D eigenvalue weighted by molar-refractivity contribution is -0.161. The van der Waals surface area contributed by atoms with Gasteiger partial charge < -0.3 is 33.8 Å². The molecule has 0 aromatic heterocycles. The fraction of sp³-hybridized carbons (Fsp3) is 0.899. The lowest BCUT2D eigenvalue weighted by atomic mass is 9.99. The van der Waals surface area contributed by atoms with Gasteiger partial charge in [0.05, 0.1) is 26.4 Å². The highest BCUT2D eigenvalue weighted by Gasteiger charge is 2.30. The molecule has 3 N–H and O–H groups in total. The number of hydrogen-bond acceptors (Lipinski definition) is 15. The molecular weight excluding hydrogens is 1280 g/mol. The Morgan fingerprint density at radius 3 is 0.908 bits per heavy atom. The Balaban J connectivity index is 5.22. The summed E-state index contributed by atoms with van der Waals surface area (Å²) >= 11 is 0. The van der Waals surface area contributed by atoms with Crippen LogP contribution < -0.4 is 0 Å². The molecule has 0 saturated carbocycles. The van der Waals surface area contributed by atoms with E-state index in [-0.39, 0.29) is 25.7 Å². The molecule has 578 valence electrons. The van der Waals surface area contributed by atoms with E-state index in [4.69, 9.17) is 37.0 Å². The van der Waals surface area contributed by atoms with Gasteiger partial charge in [0, 0.05) is 25.7 Å². The van der Waals surface area contributed by atoms with E-state index in [1.165, 1.54) is 173 Å². The molecule has 0 aromatic rings. The molecule has 0 fully saturated rings. The Kier molecular flexibility index (Phi) is 67.2. The molecule has 0 aromatic carbocycles. The van der Waals surface area contributed by atoms with Crippen molar-refractivity contribution in [3.63, 3.8) is 0 Å². The minimum atomic E-state index is -4.96. The van der Waals surface area contributed by atoms with E-state index >= 15 is 0 Å². The van der Waals surface area contributed by atoms with Gasteiger partial charge >= 0.3 is 39.5 Å². The van der Waals surface area contributed by atoms with Crippen molar-refractivity contribution in [1.29, 1.82) is 0 Å². The highest BCUT2D eigenvalue weighted by molar-refractivity contribution is 7.47. The van der Waals surface area contributed by atoms with E-state index in [0.29, 0.717) is 31.6 Å². The maximum atomic E-state index is 13.1. The molecule has 0 bridgehead atoms. The molecule has 98 heavy (non-hydrogen) atoms. The zero-order chi connectivity index (χ0) is 72.3. The Labute approximate surface area is 599 Å². The molecule has 17 nitrogen and oxygen atoms in total. The number of unbranched alkanes of at least 4 members (excludes halogenated alkanes) is 38. The van der Waals surface area contributed by atoms with Crippen LogP contribution in [0.5, 0.6) is 0 Å². The number of allylic oxidation sites excluding steroid dienone is 4. The number of aliphatic hydroxyl groups is 1. The number of phosphoric acid groups is 2. The van der Waals surface area contributed by atoms with Gasteiger partial charge in [-0.05, 0) is 69.1 Å². The Morgan fingerprint density at radius 1 is 0.337 bits per heavy atom. The summed E-state index contributed by atoms with van der Waals surface area (Å²) in [6, 6.07) is 0. The van der Waals surface area contributed by atoms with Gasteiger partial charge in [-0.1, -0.05) is 330 Å². The topological polar surface area (TPSA) is 237 Å². The van der Waals surface area contributed by atoms with Crippen molar-refractivity contribution >= 4 is 39.5 Å². The molecular formula is C79H150O17P2. The smallest absolute Gasteiger partial charge is 0.462 e. The van der Waals surface area contributed by atoms with E-state index in [2.05, 4.69) is 72.8 Å². The van der Waals surface area contributed by atoms with Gasteiger partial charge in [-0.2, -0.15) is 0 Å². The molecule has 0 radical (unpaired) electrons. The van der Waals surface area contributed by atoms with Crippen LogP contribution in [0.4, 0.5) is 0 Å². The molecule has 0 rings (SSSR count). The normalized spacial score (nSPS) is 14.7. The third-order valence-electron chi connectivity index (χ3n) is 18.5. The lowest BCUT2D eigenvalue weighted by Gasteiger charge is -2.21. The van der Waals surface area contributed by atoms with Crippen molar-refractivity contribution in [2.45, 2.75) is 401 Å². The van der Waals surface area contributed by atoms with Crippen molar-refractivity contribution < 1.29 is 80.2 Å². The average molecular weight is 1430 g/mol.